The average molecular weight is 1020 g/mol. The van der Waals surface area contributed by atoms with Gasteiger partial charge in [-0.3, -0.25) is 0 Å². The maximum atomic E-state index is 7.02. The van der Waals surface area contributed by atoms with Crippen LogP contribution in [0.25, 0.3) is 88.4 Å². The number of benzene rings is 9. The highest BCUT2D eigenvalue weighted by atomic mass is 16.3. The van der Waals surface area contributed by atoms with Crippen molar-refractivity contribution >= 4 is 60.9 Å². The summed E-state index contributed by atoms with van der Waals surface area (Å²) in [5, 5.41) is 4.88. The van der Waals surface area contributed by atoms with E-state index in [0.29, 0.717) is 0 Å². The van der Waals surface area contributed by atoms with Crippen LogP contribution in [0.3, 0.4) is 0 Å². The molecule has 2 heterocycles. The molecular weight excluding hydrogens is 947 g/mol. The Morgan fingerprint density at radius 3 is 1.58 bits per heavy atom. The second-order valence-corrected chi connectivity index (χ2v) is 24.2. The minimum atomic E-state index is -0.253. The van der Waals surface area contributed by atoms with Crippen LogP contribution in [-0.2, 0) is 16.2 Å². The first kappa shape index (κ1) is 48.7. The molecule has 0 N–H and O–H groups in total. The van der Waals surface area contributed by atoms with Crippen molar-refractivity contribution in [2.75, 3.05) is 4.90 Å². The summed E-state index contributed by atoms with van der Waals surface area (Å²) in [6, 6.07) is 66.6. The van der Waals surface area contributed by atoms with E-state index in [-0.39, 0.29) is 16.2 Å². The van der Waals surface area contributed by atoms with Crippen molar-refractivity contribution < 1.29 is 8.83 Å². The van der Waals surface area contributed by atoms with Crippen LogP contribution in [0.15, 0.2) is 185 Å². The van der Waals surface area contributed by atoms with Gasteiger partial charge in [0.25, 0.3) is 0 Å². The van der Waals surface area contributed by atoms with Crippen molar-refractivity contribution in [2.45, 2.75) is 135 Å². The van der Waals surface area contributed by atoms with Gasteiger partial charge in [-0.15, -0.1) is 0 Å². The molecule has 3 heteroatoms. The summed E-state index contributed by atoms with van der Waals surface area (Å²) in [5.41, 5.74) is 25.8. The smallest absolute Gasteiger partial charge is 0.143 e. The third kappa shape index (κ3) is 7.36. The molecule has 3 aliphatic carbocycles. The second-order valence-electron chi connectivity index (χ2n) is 24.2. The summed E-state index contributed by atoms with van der Waals surface area (Å²) in [6.45, 7) is 14.4. The molecule has 0 unspecified atom stereocenters. The molecule has 0 fully saturated rings. The van der Waals surface area contributed by atoms with Gasteiger partial charge in [0.2, 0.25) is 0 Å². The van der Waals surface area contributed by atoms with Gasteiger partial charge in [0, 0.05) is 60.4 Å². The number of para-hydroxylation sites is 3. The SMILES string of the molecule is CCCCCCCC1(CCCCCCC)c2cc(N(c3ccccc3)c3ccc4c(c3)C(C)(C)c3cc5c(cc3-4)C(C)(C)c3ccc4oc6ccccc6c4c3-5)ccc2-c2c1cc(-c1ccccc1)c1oc3ccccc3c21. The Morgan fingerprint density at radius 2 is 0.885 bits per heavy atom. The van der Waals surface area contributed by atoms with E-state index in [2.05, 4.69) is 222 Å². The maximum absolute atomic E-state index is 7.02. The van der Waals surface area contributed by atoms with E-state index in [0.717, 1.165) is 40.9 Å². The van der Waals surface area contributed by atoms with Crippen LogP contribution in [0, 0.1) is 0 Å². The number of nitrogens with zero attached hydrogens (tertiary/aromatic N) is 1. The van der Waals surface area contributed by atoms with Gasteiger partial charge in [-0.25, -0.2) is 0 Å². The van der Waals surface area contributed by atoms with E-state index < -0.39 is 0 Å². The van der Waals surface area contributed by atoms with Crippen LogP contribution in [-0.4, -0.2) is 0 Å². The monoisotopic (exact) mass is 1020 g/mol. The van der Waals surface area contributed by atoms with E-state index in [1.54, 1.807) is 0 Å². The van der Waals surface area contributed by atoms with Crippen LogP contribution >= 0.6 is 0 Å². The Hall–Kier alpha value is -7.62. The van der Waals surface area contributed by atoms with Gasteiger partial charge in [0.05, 0.1) is 0 Å². The van der Waals surface area contributed by atoms with Crippen molar-refractivity contribution in [1.29, 1.82) is 0 Å². The number of rotatable bonds is 16. The van der Waals surface area contributed by atoms with Crippen LogP contribution in [0.1, 0.15) is 152 Å². The summed E-state index contributed by atoms with van der Waals surface area (Å²) in [4.78, 5) is 2.55. The molecule has 0 amide bonds. The van der Waals surface area contributed by atoms with Gasteiger partial charge >= 0.3 is 0 Å². The summed E-state index contributed by atoms with van der Waals surface area (Å²) >= 11 is 0. The van der Waals surface area contributed by atoms with Crippen molar-refractivity contribution in [1.82, 2.24) is 0 Å². The predicted molar refractivity (Wildman–Crippen MR) is 329 cm³/mol. The number of hydrogen-bond acceptors (Lipinski definition) is 3. The van der Waals surface area contributed by atoms with Crippen LogP contribution in [0.2, 0.25) is 0 Å². The fraction of sp³-hybridized carbons (Fsp3) is 0.280. The molecule has 0 saturated heterocycles. The lowest BCUT2D eigenvalue weighted by molar-refractivity contribution is 0.399. The van der Waals surface area contributed by atoms with Crippen LogP contribution < -0.4 is 4.90 Å². The predicted octanol–water partition coefficient (Wildman–Crippen LogP) is 22.2. The average Bonchev–Trinajstić information content (AvgIpc) is 3.96. The molecule has 3 aliphatic rings. The minimum absolute atomic E-state index is 0.170. The molecule has 3 nitrogen and oxygen atoms in total. The largest absolute Gasteiger partial charge is 0.456 e. The molecular formula is C75H71NO2. The lowest BCUT2D eigenvalue weighted by Crippen LogP contribution is -2.26. The normalized spacial score (nSPS) is 14.9. The molecule has 2 aromatic heterocycles. The number of hydrogen-bond donors (Lipinski definition) is 0. The van der Waals surface area contributed by atoms with Crippen molar-refractivity contribution in [3.63, 3.8) is 0 Å². The zero-order valence-electron chi connectivity index (χ0n) is 46.5. The first-order chi connectivity index (χ1) is 38.1. The molecule has 78 heavy (non-hydrogen) atoms. The molecule has 388 valence electrons. The van der Waals surface area contributed by atoms with Crippen molar-refractivity contribution in [3.05, 3.63) is 209 Å². The standard InChI is InChI=1S/C75H71NO2/c1-7-9-11-13-25-41-75(42-26-14-12-10-8-2)63-44-51(36-38-53(63)68-64(75)45-56(48-27-17-15-18-28-48)72-71(68)55-32-22-24-34-66(55)78-72)76(49-29-19-16-20-30-49)50-35-37-52-57-46-62-58(47-61(57)74(5,6)60(52)43-50)69-59(73(62,3)4)39-40-67-70(69)54-31-21-23-33-65(54)77-67/h15-24,27-40,43-47H,7-14,25-26,41-42H2,1-6H3. The molecule has 0 spiro atoms. The molecule has 0 bridgehead atoms. The molecule has 0 radical (unpaired) electrons. The van der Waals surface area contributed by atoms with E-state index in [4.69, 9.17) is 8.83 Å². The Labute approximate surface area is 460 Å². The molecule has 0 aliphatic heterocycles. The maximum Gasteiger partial charge on any atom is 0.143 e. The highest BCUT2D eigenvalue weighted by molar-refractivity contribution is 6.19. The lowest BCUT2D eigenvalue weighted by atomic mass is 9.70. The first-order valence-corrected chi connectivity index (χ1v) is 29.5. The number of unbranched alkanes of at least 4 members (excludes halogenated alkanes) is 8. The van der Waals surface area contributed by atoms with Crippen LogP contribution in [0.4, 0.5) is 17.1 Å². The zero-order valence-corrected chi connectivity index (χ0v) is 46.5. The molecule has 14 rings (SSSR count). The third-order valence-electron chi connectivity index (χ3n) is 18.9. The topological polar surface area (TPSA) is 29.5 Å². The van der Waals surface area contributed by atoms with Crippen LogP contribution in [0.5, 0.6) is 0 Å². The minimum Gasteiger partial charge on any atom is -0.456 e. The molecule has 0 saturated carbocycles. The Kier molecular flexibility index (Phi) is 11.7. The fourth-order valence-corrected chi connectivity index (χ4v) is 15.0. The highest BCUT2D eigenvalue weighted by Crippen LogP contribution is 2.62. The van der Waals surface area contributed by atoms with E-state index in [1.807, 2.05) is 0 Å². The summed E-state index contributed by atoms with van der Waals surface area (Å²) in [6.07, 6.45) is 14.8. The Bertz CT molecular complexity index is 4110. The number of fused-ring (bicyclic) bond motifs is 17. The summed E-state index contributed by atoms with van der Waals surface area (Å²) < 4.78 is 13.5. The third-order valence-corrected chi connectivity index (χ3v) is 18.9. The quantitative estimate of drug-likeness (QED) is 0.0904. The van der Waals surface area contributed by atoms with E-state index in [1.165, 1.54) is 175 Å². The zero-order chi connectivity index (χ0) is 52.9. The van der Waals surface area contributed by atoms with E-state index in [9.17, 15) is 0 Å². The number of furan rings is 2. The highest BCUT2D eigenvalue weighted by Gasteiger charge is 2.46. The Balaban J connectivity index is 0.945. The van der Waals surface area contributed by atoms with E-state index >= 15 is 0 Å². The first-order valence-electron chi connectivity index (χ1n) is 29.5. The molecule has 11 aromatic rings. The van der Waals surface area contributed by atoms with Gasteiger partial charge in [0.1, 0.15) is 22.3 Å². The van der Waals surface area contributed by atoms with Gasteiger partial charge < -0.3 is 13.7 Å². The van der Waals surface area contributed by atoms with Gasteiger partial charge in [-0.05, 0) is 158 Å². The summed E-state index contributed by atoms with van der Waals surface area (Å²) in [5.74, 6) is 0. The van der Waals surface area contributed by atoms with Gasteiger partial charge in [-0.2, -0.15) is 0 Å². The summed E-state index contributed by atoms with van der Waals surface area (Å²) in [7, 11) is 0. The van der Waals surface area contributed by atoms with Crippen molar-refractivity contribution in [2.24, 2.45) is 0 Å². The van der Waals surface area contributed by atoms with Crippen molar-refractivity contribution in [3.8, 4) is 44.5 Å². The molecule has 9 aromatic carbocycles. The Morgan fingerprint density at radius 1 is 0.359 bits per heavy atom. The fourth-order valence-electron chi connectivity index (χ4n) is 15.0. The molecule has 0 atom stereocenters. The number of anilines is 3. The van der Waals surface area contributed by atoms with Gasteiger partial charge in [0.15, 0.2) is 0 Å². The van der Waals surface area contributed by atoms with Gasteiger partial charge in [-0.1, -0.05) is 209 Å². The lowest BCUT2D eigenvalue weighted by Gasteiger charge is -2.34. The second kappa shape index (κ2) is 18.8.